The number of nitrogen functional groups attached to an aromatic ring is 6. The lowest BCUT2D eigenvalue weighted by Crippen LogP contribution is -2.36. The highest BCUT2D eigenvalue weighted by atomic mass is 35.5. The van der Waals surface area contributed by atoms with Crippen molar-refractivity contribution in [3.05, 3.63) is 146 Å². The van der Waals surface area contributed by atoms with E-state index in [1.54, 1.807) is 18.2 Å². The summed E-state index contributed by atoms with van der Waals surface area (Å²) in [5.41, 5.74) is 38.5. The third kappa shape index (κ3) is 24.0. The number of anilines is 6. The van der Waals surface area contributed by atoms with Gasteiger partial charge in [0.1, 0.15) is 34.5 Å². The lowest BCUT2D eigenvalue weighted by atomic mass is 9.98. The van der Waals surface area contributed by atoms with Crippen LogP contribution in [0.4, 0.5) is 34.1 Å². The zero-order valence-electron chi connectivity index (χ0n) is 47.0. The molecule has 15 nitrogen and oxygen atoms in total. The average molecular weight is 1180 g/mol. The number of nitrogens with two attached hydrogens (primary N) is 6. The third-order valence-electron chi connectivity index (χ3n) is 14.7. The van der Waals surface area contributed by atoms with Crippen molar-refractivity contribution in [2.75, 3.05) is 133 Å². The van der Waals surface area contributed by atoms with E-state index in [4.69, 9.17) is 62.8 Å². The summed E-state index contributed by atoms with van der Waals surface area (Å²) in [6.07, 6.45) is 10.1. The molecule has 18 heteroatoms. The Kier molecular flexibility index (Phi) is 31.2. The molecule has 0 bridgehead atoms. The van der Waals surface area contributed by atoms with Crippen molar-refractivity contribution in [2.24, 2.45) is 17.8 Å². The molecule has 6 aromatic rings. The summed E-state index contributed by atoms with van der Waals surface area (Å²) in [6.45, 7) is 14.3. The van der Waals surface area contributed by atoms with E-state index in [1.807, 2.05) is 127 Å². The largest absolute Gasteiger partial charge is 0.493 e. The molecular formula is C63H90Cl3N9O6. The topological polar surface area (TPSA) is 221 Å². The van der Waals surface area contributed by atoms with Crippen LogP contribution < -0.4 is 62.8 Å². The molecule has 9 rings (SSSR count). The van der Waals surface area contributed by atoms with Crippen molar-refractivity contribution in [1.82, 2.24) is 14.7 Å². The van der Waals surface area contributed by atoms with Crippen LogP contribution in [0.1, 0.15) is 57.8 Å². The molecule has 6 aromatic carbocycles. The highest BCUT2D eigenvalue weighted by molar-refractivity contribution is 5.86. The van der Waals surface area contributed by atoms with Gasteiger partial charge >= 0.3 is 0 Å². The molecule has 0 radical (unpaired) electrons. The van der Waals surface area contributed by atoms with Crippen LogP contribution in [0.25, 0.3) is 0 Å². The lowest BCUT2D eigenvalue weighted by molar-refractivity contribution is 0.135. The second-order valence-electron chi connectivity index (χ2n) is 20.6. The molecule has 0 atom stereocenters. The Balaban J connectivity index is 0.000000257. The first-order valence-electron chi connectivity index (χ1n) is 28.2. The van der Waals surface area contributed by atoms with E-state index in [9.17, 15) is 0 Å². The molecule has 0 spiro atoms. The molecule has 0 saturated carbocycles. The van der Waals surface area contributed by atoms with Crippen molar-refractivity contribution >= 4 is 71.3 Å². The molecular weight excluding hydrogens is 1090 g/mol. The number of nitrogens with zero attached hydrogens (tertiary/aromatic N) is 3. The standard InChI is InChI=1S/3C21H29N3O2.3ClH/c3*22-19-8-4-9-20(21(19)23)25-15-5-12-24-13-10-17(11-14-24)16-26-18-6-2-1-3-7-18;;;/h3*1-4,6-9,17H,5,10-16,22-23H2;3*1H. The molecule has 12 N–H and O–H groups in total. The Bertz CT molecular complexity index is 2310. The number of piperidine rings is 3. The van der Waals surface area contributed by atoms with Crippen molar-refractivity contribution in [2.45, 2.75) is 57.8 Å². The van der Waals surface area contributed by atoms with Gasteiger partial charge in [-0.25, -0.2) is 0 Å². The average Bonchev–Trinajstić information content (AvgIpc) is 3.48. The van der Waals surface area contributed by atoms with Crippen LogP contribution >= 0.6 is 37.2 Å². The van der Waals surface area contributed by atoms with Crippen LogP contribution in [0.15, 0.2) is 146 Å². The summed E-state index contributed by atoms with van der Waals surface area (Å²) in [5, 5.41) is 0. The van der Waals surface area contributed by atoms with Gasteiger partial charge in [-0.05, 0) is 188 Å². The van der Waals surface area contributed by atoms with E-state index < -0.39 is 0 Å². The third-order valence-corrected chi connectivity index (χ3v) is 14.7. The van der Waals surface area contributed by atoms with Gasteiger partial charge < -0.3 is 77.5 Å². The van der Waals surface area contributed by atoms with Crippen LogP contribution in [0.3, 0.4) is 0 Å². The Morgan fingerprint density at radius 3 is 0.802 bits per heavy atom. The zero-order chi connectivity index (χ0) is 54.6. The maximum atomic E-state index is 5.92. The number of benzene rings is 6. The fourth-order valence-corrected chi connectivity index (χ4v) is 9.79. The number of halogens is 3. The van der Waals surface area contributed by atoms with Gasteiger partial charge in [-0.15, -0.1) is 37.2 Å². The van der Waals surface area contributed by atoms with Crippen LogP contribution in [-0.4, -0.2) is 113 Å². The predicted octanol–water partition coefficient (Wildman–Crippen LogP) is 11.5. The molecule has 3 saturated heterocycles. The molecule has 0 aliphatic carbocycles. The zero-order valence-corrected chi connectivity index (χ0v) is 49.5. The van der Waals surface area contributed by atoms with Crippen LogP contribution in [0.5, 0.6) is 34.5 Å². The van der Waals surface area contributed by atoms with E-state index in [0.29, 0.717) is 88.9 Å². The quantitative estimate of drug-likeness (QED) is 0.0245. The van der Waals surface area contributed by atoms with Crippen LogP contribution in [0, 0.1) is 17.8 Å². The first-order chi connectivity index (χ1) is 38.2. The number of para-hydroxylation sites is 6. The van der Waals surface area contributed by atoms with Gasteiger partial charge in [0.2, 0.25) is 0 Å². The maximum absolute atomic E-state index is 5.92. The minimum Gasteiger partial charge on any atom is -0.493 e. The highest BCUT2D eigenvalue weighted by Gasteiger charge is 2.22. The molecule has 0 aromatic heterocycles. The second kappa shape index (κ2) is 37.6. The molecule has 81 heavy (non-hydrogen) atoms. The van der Waals surface area contributed by atoms with E-state index in [-0.39, 0.29) is 37.2 Å². The summed E-state index contributed by atoms with van der Waals surface area (Å²) in [6, 6.07) is 46.7. The van der Waals surface area contributed by atoms with Gasteiger partial charge in [0, 0.05) is 19.6 Å². The van der Waals surface area contributed by atoms with Crippen molar-refractivity contribution in [3.8, 4) is 34.5 Å². The van der Waals surface area contributed by atoms with E-state index in [0.717, 1.165) is 115 Å². The lowest BCUT2D eigenvalue weighted by Gasteiger charge is -2.31. The summed E-state index contributed by atoms with van der Waals surface area (Å²) < 4.78 is 35.0. The van der Waals surface area contributed by atoms with E-state index >= 15 is 0 Å². The number of hydrogen-bond donors (Lipinski definition) is 6. The molecule has 444 valence electrons. The Labute approximate surface area is 500 Å². The van der Waals surface area contributed by atoms with Gasteiger partial charge in [0.05, 0.1) is 73.8 Å². The van der Waals surface area contributed by atoms with E-state index in [1.165, 1.54) is 38.5 Å². The molecule has 3 heterocycles. The number of likely N-dealkylation sites (tertiary alicyclic amines) is 3. The SMILES string of the molecule is Cl.Cl.Cl.Nc1cccc(OCCCN2CCC(COc3ccccc3)CC2)c1N.Nc1cccc(OCCCN2CCC(COc3ccccc3)CC2)c1N.Nc1cccc(OCCCN2CCC(COc3ccccc3)CC2)c1N. The second-order valence-corrected chi connectivity index (χ2v) is 20.6. The highest BCUT2D eigenvalue weighted by Crippen LogP contribution is 2.30. The normalized spacial score (nSPS) is 15.1. The van der Waals surface area contributed by atoms with Gasteiger partial charge in [-0.3, -0.25) is 0 Å². The minimum absolute atomic E-state index is 0. The smallest absolute Gasteiger partial charge is 0.144 e. The van der Waals surface area contributed by atoms with Gasteiger partial charge in [0.15, 0.2) is 0 Å². The summed E-state index contributed by atoms with van der Waals surface area (Å²) in [5.74, 6) is 6.89. The van der Waals surface area contributed by atoms with Gasteiger partial charge in [-0.2, -0.15) is 0 Å². The molecule has 3 aliphatic rings. The fourth-order valence-electron chi connectivity index (χ4n) is 9.79. The molecule has 0 amide bonds. The maximum Gasteiger partial charge on any atom is 0.144 e. The number of rotatable bonds is 24. The van der Waals surface area contributed by atoms with Crippen LogP contribution in [0.2, 0.25) is 0 Å². The van der Waals surface area contributed by atoms with Crippen molar-refractivity contribution in [3.63, 3.8) is 0 Å². The Hall–Kier alpha value is -6.33. The van der Waals surface area contributed by atoms with E-state index in [2.05, 4.69) is 14.7 Å². The molecule has 3 aliphatic heterocycles. The first kappa shape index (κ1) is 67.2. The number of hydrogen-bond acceptors (Lipinski definition) is 15. The minimum atomic E-state index is 0. The Morgan fingerprint density at radius 1 is 0.309 bits per heavy atom. The van der Waals surface area contributed by atoms with Crippen molar-refractivity contribution in [1.29, 1.82) is 0 Å². The first-order valence-corrected chi connectivity index (χ1v) is 28.2. The van der Waals surface area contributed by atoms with Crippen LogP contribution in [-0.2, 0) is 0 Å². The monoisotopic (exact) mass is 1170 g/mol. The van der Waals surface area contributed by atoms with Gasteiger partial charge in [0.25, 0.3) is 0 Å². The fraction of sp³-hybridized carbons (Fsp3) is 0.429. The molecule has 3 fully saturated rings. The summed E-state index contributed by atoms with van der Waals surface area (Å²) in [4.78, 5) is 7.52. The Morgan fingerprint density at radius 2 is 0.556 bits per heavy atom. The summed E-state index contributed by atoms with van der Waals surface area (Å²) >= 11 is 0. The van der Waals surface area contributed by atoms with Gasteiger partial charge in [-0.1, -0.05) is 72.8 Å². The number of ether oxygens (including phenoxy) is 6. The predicted molar refractivity (Wildman–Crippen MR) is 341 cm³/mol. The summed E-state index contributed by atoms with van der Waals surface area (Å²) in [7, 11) is 0. The van der Waals surface area contributed by atoms with Crippen molar-refractivity contribution < 1.29 is 28.4 Å². The molecule has 0 unspecified atom stereocenters.